The Balaban J connectivity index is 2.64. The highest BCUT2D eigenvalue weighted by atomic mass is 35.5. The Bertz CT molecular complexity index is 490. The molecule has 84 valence electrons. The van der Waals surface area contributed by atoms with E-state index >= 15 is 0 Å². The Morgan fingerprint density at radius 3 is 2.62 bits per heavy atom. The number of ketones is 1. The smallest absolute Gasteiger partial charge is 0.299 e. The predicted molar refractivity (Wildman–Crippen MR) is 54.1 cm³/mol. The summed E-state index contributed by atoms with van der Waals surface area (Å²) < 4.78 is 25.7. The van der Waals surface area contributed by atoms with Gasteiger partial charge >= 0.3 is 0 Å². The lowest BCUT2D eigenvalue weighted by molar-refractivity contribution is -0.114. The molecule has 0 fully saturated rings. The van der Waals surface area contributed by atoms with Crippen molar-refractivity contribution in [2.75, 3.05) is 18.1 Å². The van der Waals surface area contributed by atoms with Crippen molar-refractivity contribution in [3.63, 3.8) is 0 Å². The summed E-state index contributed by atoms with van der Waals surface area (Å²) in [6, 6.07) is 2.23. The third-order valence-electron chi connectivity index (χ3n) is 2.32. The number of carbonyl (C=O) groups is 2. The van der Waals surface area contributed by atoms with Crippen LogP contribution in [0.2, 0.25) is 5.02 Å². The van der Waals surface area contributed by atoms with Gasteiger partial charge in [-0.05, 0) is 12.1 Å². The fourth-order valence-corrected chi connectivity index (χ4v) is 1.89. The fourth-order valence-electron chi connectivity index (χ4n) is 1.65. The van der Waals surface area contributed by atoms with Crippen molar-refractivity contribution in [2.45, 2.75) is 0 Å². The monoisotopic (exact) mass is 245 g/mol. The highest BCUT2D eigenvalue weighted by molar-refractivity contribution is 6.55. The summed E-state index contributed by atoms with van der Waals surface area (Å²) in [5, 5.41) is -0.00360. The zero-order chi connectivity index (χ0) is 11.9. The number of amides is 1. The summed E-state index contributed by atoms with van der Waals surface area (Å²) in [7, 11) is 0. The SMILES string of the molecule is O=C1C(=O)N(CCF)c2c(F)ccc(Cl)c21. The molecule has 0 bridgehead atoms. The molecule has 16 heavy (non-hydrogen) atoms. The summed E-state index contributed by atoms with van der Waals surface area (Å²) in [6.45, 7) is -1.21. The number of halogens is 3. The number of benzene rings is 1. The molecule has 0 N–H and O–H groups in total. The maximum atomic E-state index is 13.5. The molecule has 0 aliphatic carbocycles. The second-order valence-corrected chi connectivity index (χ2v) is 3.63. The quantitative estimate of drug-likeness (QED) is 0.747. The van der Waals surface area contributed by atoms with Gasteiger partial charge in [0.25, 0.3) is 11.7 Å². The molecule has 1 heterocycles. The van der Waals surface area contributed by atoms with Gasteiger partial charge in [-0.1, -0.05) is 11.6 Å². The van der Waals surface area contributed by atoms with Gasteiger partial charge in [-0.3, -0.25) is 14.5 Å². The Morgan fingerprint density at radius 1 is 1.31 bits per heavy atom. The number of nitrogens with zero attached hydrogens (tertiary/aromatic N) is 1. The zero-order valence-corrected chi connectivity index (χ0v) is 8.72. The van der Waals surface area contributed by atoms with E-state index in [1.807, 2.05) is 0 Å². The first kappa shape index (κ1) is 11.0. The van der Waals surface area contributed by atoms with Gasteiger partial charge in [-0.2, -0.15) is 0 Å². The van der Waals surface area contributed by atoms with E-state index in [1.165, 1.54) is 6.07 Å². The van der Waals surface area contributed by atoms with Crippen LogP contribution in [0.3, 0.4) is 0 Å². The molecule has 1 amide bonds. The third kappa shape index (κ3) is 1.39. The Labute approximate surface area is 94.6 Å². The molecule has 2 rings (SSSR count). The average Bonchev–Trinajstić information content (AvgIpc) is 2.50. The van der Waals surface area contributed by atoms with Crippen molar-refractivity contribution in [1.82, 2.24) is 0 Å². The number of hydrogen-bond acceptors (Lipinski definition) is 2. The number of Topliss-reactive ketones (excluding diaryl/α,β-unsaturated/α-hetero) is 1. The highest BCUT2D eigenvalue weighted by Gasteiger charge is 2.39. The third-order valence-corrected chi connectivity index (χ3v) is 2.64. The van der Waals surface area contributed by atoms with Crippen LogP contribution in [-0.4, -0.2) is 24.9 Å². The molecular formula is C10H6ClF2NO2. The summed E-state index contributed by atoms with van der Waals surface area (Å²) in [6.07, 6.45) is 0. The first-order valence-electron chi connectivity index (χ1n) is 4.48. The molecule has 1 aliphatic heterocycles. The lowest BCUT2D eigenvalue weighted by Crippen LogP contribution is -2.31. The first-order valence-corrected chi connectivity index (χ1v) is 4.86. The molecule has 1 aromatic carbocycles. The van der Waals surface area contributed by atoms with Crippen LogP contribution < -0.4 is 4.90 Å². The normalized spacial score (nSPS) is 14.6. The van der Waals surface area contributed by atoms with E-state index in [0.717, 1.165) is 11.0 Å². The molecule has 1 aliphatic rings. The van der Waals surface area contributed by atoms with Crippen molar-refractivity contribution in [3.05, 3.63) is 28.5 Å². The predicted octanol–water partition coefficient (Wildman–Crippen LogP) is 1.98. The molecule has 0 saturated heterocycles. The summed E-state index contributed by atoms with van der Waals surface area (Å²) in [4.78, 5) is 23.7. The van der Waals surface area contributed by atoms with Gasteiger partial charge < -0.3 is 0 Å². The Kier molecular flexibility index (Phi) is 2.63. The average molecular weight is 246 g/mol. The van der Waals surface area contributed by atoms with Gasteiger partial charge in [0.05, 0.1) is 22.8 Å². The van der Waals surface area contributed by atoms with E-state index in [9.17, 15) is 18.4 Å². The minimum Gasteiger partial charge on any atom is -0.299 e. The fraction of sp³-hybridized carbons (Fsp3) is 0.200. The van der Waals surface area contributed by atoms with Crippen molar-refractivity contribution in [1.29, 1.82) is 0 Å². The lowest BCUT2D eigenvalue weighted by atomic mass is 10.1. The molecule has 0 aromatic heterocycles. The standard InChI is InChI=1S/C10H6ClF2NO2/c11-5-1-2-6(13)8-7(5)9(15)10(16)14(8)4-3-12/h1-2H,3-4H2. The second kappa shape index (κ2) is 3.83. The van der Waals surface area contributed by atoms with E-state index in [-0.39, 0.29) is 22.8 Å². The van der Waals surface area contributed by atoms with E-state index in [2.05, 4.69) is 0 Å². The van der Waals surface area contributed by atoms with Crippen molar-refractivity contribution < 1.29 is 18.4 Å². The minimum absolute atomic E-state index is 0.00360. The molecule has 0 atom stereocenters. The number of anilines is 1. The molecule has 3 nitrogen and oxygen atoms in total. The molecular weight excluding hydrogens is 240 g/mol. The molecule has 0 radical (unpaired) electrons. The Morgan fingerprint density at radius 2 is 2.00 bits per heavy atom. The van der Waals surface area contributed by atoms with Crippen LogP contribution >= 0.6 is 11.6 Å². The lowest BCUT2D eigenvalue weighted by Gasteiger charge is -2.14. The van der Waals surface area contributed by atoms with Crippen LogP contribution in [0.25, 0.3) is 0 Å². The van der Waals surface area contributed by atoms with Crippen LogP contribution in [0, 0.1) is 5.82 Å². The summed E-state index contributed by atoms with van der Waals surface area (Å²) in [5.74, 6) is -2.60. The van der Waals surface area contributed by atoms with Gasteiger partial charge in [0.2, 0.25) is 0 Å². The van der Waals surface area contributed by atoms with E-state index in [4.69, 9.17) is 11.6 Å². The Hall–Kier alpha value is -1.49. The van der Waals surface area contributed by atoms with Gasteiger partial charge in [0.1, 0.15) is 12.5 Å². The second-order valence-electron chi connectivity index (χ2n) is 3.23. The molecule has 6 heteroatoms. The van der Waals surface area contributed by atoms with Gasteiger partial charge in [-0.25, -0.2) is 8.78 Å². The van der Waals surface area contributed by atoms with E-state index in [1.54, 1.807) is 0 Å². The van der Waals surface area contributed by atoms with Crippen LogP contribution in [-0.2, 0) is 4.79 Å². The van der Waals surface area contributed by atoms with Crippen LogP contribution in [0.5, 0.6) is 0 Å². The number of rotatable bonds is 2. The van der Waals surface area contributed by atoms with E-state index in [0.29, 0.717) is 0 Å². The van der Waals surface area contributed by atoms with Crippen molar-refractivity contribution in [2.24, 2.45) is 0 Å². The summed E-state index contributed by atoms with van der Waals surface area (Å²) >= 11 is 5.71. The number of alkyl halides is 1. The van der Waals surface area contributed by atoms with Gasteiger partial charge in [-0.15, -0.1) is 0 Å². The van der Waals surface area contributed by atoms with Crippen LogP contribution in [0.4, 0.5) is 14.5 Å². The van der Waals surface area contributed by atoms with Crippen LogP contribution in [0.1, 0.15) is 10.4 Å². The molecule has 0 unspecified atom stereocenters. The van der Waals surface area contributed by atoms with Crippen LogP contribution in [0.15, 0.2) is 12.1 Å². The maximum Gasteiger partial charge on any atom is 0.299 e. The number of fused-ring (bicyclic) bond motifs is 1. The zero-order valence-electron chi connectivity index (χ0n) is 7.97. The maximum absolute atomic E-state index is 13.5. The van der Waals surface area contributed by atoms with E-state index < -0.39 is 24.2 Å². The minimum atomic E-state index is -0.945. The molecule has 0 saturated carbocycles. The van der Waals surface area contributed by atoms with Gasteiger partial charge in [0.15, 0.2) is 0 Å². The number of hydrogen-bond donors (Lipinski definition) is 0. The van der Waals surface area contributed by atoms with Crippen molar-refractivity contribution in [3.8, 4) is 0 Å². The first-order chi connectivity index (χ1) is 7.57. The largest absolute Gasteiger partial charge is 0.299 e. The number of carbonyl (C=O) groups excluding carboxylic acids is 2. The van der Waals surface area contributed by atoms with Crippen molar-refractivity contribution >= 4 is 29.0 Å². The summed E-state index contributed by atoms with van der Waals surface area (Å²) in [5.41, 5.74) is -0.403. The topological polar surface area (TPSA) is 37.4 Å². The molecule has 1 aromatic rings. The highest BCUT2D eigenvalue weighted by Crippen LogP contribution is 2.36. The molecule has 0 spiro atoms. The van der Waals surface area contributed by atoms with Gasteiger partial charge in [0, 0.05) is 0 Å².